The van der Waals surface area contributed by atoms with Gasteiger partial charge in [-0.05, 0) is 19.2 Å². The van der Waals surface area contributed by atoms with Gasteiger partial charge in [0.15, 0.2) is 0 Å². The molecule has 0 spiro atoms. The van der Waals surface area contributed by atoms with E-state index in [1.807, 2.05) is 12.1 Å². The van der Waals surface area contributed by atoms with Crippen molar-refractivity contribution in [2.24, 2.45) is 0 Å². The number of aromatic nitrogens is 1. The molecular formula is C19H20N6O4. The summed E-state index contributed by atoms with van der Waals surface area (Å²) in [5.74, 6) is -1.91. The minimum atomic E-state index is -0.671. The van der Waals surface area contributed by atoms with Crippen LogP contribution in [0.5, 0.6) is 0 Å². The summed E-state index contributed by atoms with van der Waals surface area (Å²) in [6, 6.07) is 7.53. The number of anilines is 1. The van der Waals surface area contributed by atoms with E-state index in [0.717, 1.165) is 23.7 Å². The number of hydrogen-bond donors (Lipinski definition) is 3. The summed E-state index contributed by atoms with van der Waals surface area (Å²) in [6.07, 6.45) is 0. The Morgan fingerprint density at radius 1 is 1.07 bits per heavy atom. The van der Waals surface area contributed by atoms with Gasteiger partial charge in [0.05, 0.1) is 22.4 Å². The van der Waals surface area contributed by atoms with Crippen LogP contribution in [0, 0.1) is 0 Å². The first-order chi connectivity index (χ1) is 13.9. The molecule has 1 fully saturated rings. The number of fused-ring (bicyclic) bond motifs is 1. The topological polar surface area (TPSA) is 130 Å². The lowest BCUT2D eigenvalue weighted by Gasteiger charge is -2.32. The number of likely N-dealkylation sites (N-methyl/N-ethyl adjacent to an activating group) is 1. The van der Waals surface area contributed by atoms with Crippen molar-refractivity contribution >= 4 is 23.5 Å². The number of carbonyl (C=O) groups excluding carboxylic acids is 3. The standard InChI is InChI=1S/C19H20N6O4/c1-23-6-8-24(9-7-23)22-18(28)11-4-2-3-5-13(11)25-14(26)10-12-15(16(25)20)19(29)21-17(12)27/h2-5,10H,6-9,20H2,1H3,(H,22,28)(H,21,27,29). The molecule has 0 aliphatic carbocycles. The first kappa shape index (κ1) is 18.8. The minimum Gasteiger partial charge on any atom is -0.384 e. The number of hydrazine groups is 1. The third-order valence-corrected chi connectivity index (χ3v) is 5.11. The number of nitrogen functional groups attached to an aromatic ring is 1. The van der Waals surface area contributed by atoms with E-state index in [2.05, 4.69) is 15.6 Å². The number of amides is 3. The number of benzene rings is 1. The third kappa shape index (κ3) is 3.28. The lowest BCUT2D eigenvalue weighted by Crippen LogP contribution is -2.52. The molecule has 3 amide bonds. The second kappa shape index (κ2) is 7.15. The summed E-state index contributed by atoms with van der Waals surface area (Å²) in [4.78, 5) is 51.7. The molecular weight excluding hydrogens is 376 g/mol. The molecule has 150 valence electrons. The normalized spacial score (nSPS) is 17.1. The van der Waals surface area contributed by atoms with E-state index in [4.69, 9.17) is 5.73 Å². The fraction of sp³-hybridized carbons (Fsp3) is 0.263. The number of nitrogens with two attached hydrogens (primary N) is 1. The quantitative estimate of drug-likeness (QED) is 0.579. The van der Waals surface area contributed by atoms with Gasteiger partial charge in [0.1, 0.15) is 5.82 Å². The number of pyridine rings is 1. The summed E-state index contributed by atoms with van der Waals surface area (Å²) in [7, 11) is 2.01. The predicted molar refractivity (Wildman–Crippen MR) is 105 cm³/mol. The molecule has 29 heavy (non-hydrogen) atoms. The Hall–Kier alpha value is -3.50. The maximum absolute atomic E-state index is 12.9. The van der Waals surface area contributed by atoms with E-state index in [1.54, 1.807) is 24.3 Å². The smallest absolute Gasteiger partial charge is 0.267 e. The number of imide groups is 1. The van der Waals surface area contributed by atoms with Gasteiger partial charge in [-0.25, -0.2) is 5.01 Å². The number of carbonyl (C=O) groups is 3. The van der Waals surface area contributed by atoms with E-state index >= 15 is 0 Å². The second-order valence-electron chi connectivity index (χ2n) is 7.02. The van der Waals surface area contributed by atoms with Gasteiger partial charge in [-0.2, -0.15) is 0 Å². The maximum atomic E-state index is 12.9. The highest BCUT2D eigenvalue weighted by atomic mass is 16.2. The zero-order valence-electron chi connectivity index (χ0n) is 15.8. The van der Waals surface area contributed by atoms with Crippen LogP contribution in [0.2, 0.25) is 0 Å². The van der Waals surface area contributed by atoms with Crippen LogP contribution in [0.15, 0.2) is 35.1 Å². The largest absolute Gasteiger partial charge is 0.384 e. The van der Waals surface area contributed by atoms with Crippen molar-refractivity contribution in [3.8, 4) is 5.69 Å². The van der Waals surface area contributed by atoms with E-state index in [-0.39, 0.29) is 28.2 Å². The zero-order chi connectivity index (χ0) is 20.7. The molecule has 2 aliphatic rings. The van der Waals surface area contributed by atoms with Crippen molar-refractivity contribution in [1.29, 1.82) is 0 Å². The van der Waals surface area contributed by atoms with Gasteiger partial charge < -0.3 is 10.6 Å². The number of hydrogen-bond acceptors (Lipinski definition) is 7. The van der Waals surface area contributed by atoms with Crippen LogP contribution >= 0.6 is 0 Å². The van der Waals surface area contributed by atoms with Crippen LogP contribution in [-0.4, -0.2) is 65.4 Å². The molecule has 10 nitrogen and oxygen atoms in total. The highest BCUT2D eigenvalue weighted by Crippen LogP contribution is 2.24. The first-order valence-corrected chi connectivity index (χ1v) is 9.12. The summed E-state index contributed by atoms with van der Waals surface area (Å²) in [6.45, 7) is 2.99. The van der Waals surface area contributed by atoms with Crippen LogP contribution in [0.3, 0.4) is 0 Å². The van der Waals surface area contributed by atoms with Gasteiger partial charge in [0, 0.05) is 32.2 Å². The zero-order valence-corrected chi connectivity index (χ0v) is 15.8. The Labute approximate surface area is 165 Å². The Bertz CT molecular complexity index is 1080. The molecule has 2 aliphatic heterocycles. The van der Waals surface area contributed by atoms with Crippen LogP contribution in [0.1, 0.15) is 31.1 Å². The van der Waals surface area contributed by atoms with Crippen molar-refractivity contribution in [2.75, 3.05) is 39.0 Å². The highest BCUT2D eigenvalue weighted by Gasteiger charge is 2.32. The van der Waals surface area contributed by atoms with Gasteiger partial charge in [0.2, 0.25) is 0 Å². The van der Waals surface area contributed by atoms with Crippen molar-refractivity contribution in [3.05, 3.63) is 57.4 Å². The molecule has 3 heterocycles. The van der Waals surface area contributed by atoms with Crippen LogP contribution in [-0.2, 0) is 0 Å². The van der Waals surface area contributed by atoms with Gasteiger partial charge in [-0.1, -0.05) is 12.1 Å². The molecule has 10 heteroatoms. The van der Waals surface area contributed by atoms with E-state index in [9.17, 15) is 19.2 Å². The van der Waals surface area contributed by atoms with Crippen LogP contribution in [0.4, 0.5) is 5.82 Å². The van der Waals surface area contributed by atoms with Crippen molar-refractivity contribution in [1.82, 2.24) is 25.2 Å². The number of nitrogens with one attached hydrogen (secondary N) is 2. The molecule has 0 atom stereocenters. The molecule has 1 aromatic carbocycles. The molecule has 0 bridgehead atoms. The second-order valence-corrected chi connectivity index (χ2v) is 7.02. The van der Waals surface area contributed by atoms with Crippen molar-refractivity contribution in [3.63, 3.8) is 0 Å². The summed E-state index contributed by atoms with van der Waals surface area (Å²) >= 11 is 0. The minimum absolute atomic E-state index is 0.0619. The Balaban J connectivity index is 1.74. The fourth-order valence-corrected chi connectivity index (χ4v) is 3.51. The van der Waals surface area contributed by atoms with E-state index in [0.29, 0.717) is 13.1 Å². The third-order valence-electron chi connectivity index (χ3n) is 5.11. The van der Waals surface area contributed by atoms with Gasteiger partial charge in [-0.15, -0.1) is 0 Å². The van der Waals surface area contributed by atoms with Crippen LogP contribution in [0.25, 0.3) is 5.69 Å². The van der Waals surface area contributed by atoms with Crippen LogP contribution < -0.4 is 22.0 Å². The molecule has 0 radical (unpaired) electrons. The summed E-state index contributed by atoms with van der Waals surface area (Å²) < 4.78 is 1.08. The number of nitrogens with zero attached hydrogens (tertiary/aromatic N) is 3. The van der Waals surface area contributed by atoms with Crippen molar-refractivity contribution in [2.45, 2.75) is 0 Å². The number of piperazine rings is 1. The Morgan fingerprint density at radius 2 is 1.76 bits per heavy atom. The predicted octanol–water partition coefficient (Wildman–Crippen LogP) is -0.804. The lowest BCUT2D eigenvalue weighted by atomic mass is 10.1. The number of para-hydroxylation sites is 1. The average molecular weight is 396 g/mol. The monoisotopic (exact) mass is 396 g/mol. The molecule has 1 aromatic heterocycles. The lowest BCUT2D eigenvalue weighted by molar-refractivity contribution is 0.0662. The first-order valence-electron chi connectivity index (χ1n) is 9.12. The molecule has 1 saturated heterocycles. The van der Waals surface area contributed by atoms with Gasteiger partial charge in [0.25, 0.3) is 23.3 Å². The fourth-order valence-electron chi connectivity index (χ4n) is 3.51. The summed E-state index contributed by atoms with van der Waals surface area (Å²) in [5, 5.41) is 3.94. The highest BCUT2D eigenvalue weighted by molar-refractivity contribution is 6.23. The SMILES string of the molecule is CN1CCN(NC(=O)c2ccccc2-n2c(N)c3c(cc2=O)C(=O)NC3=O)CC1. The van der Waals surface area contributed by atoms with Crippen molar-refractivity contribution < 1.29 is 14.4 Å². The molecule has 2 aromatic rings. The van der Waals surface area contributed by atoms with Gasteiger partial charge in [-0.3, -0.25) is 34.5 Å². The van der Waals surface area contributed by atoms with E-state index in [1.165, 1.54) is 0 Å². The number of rotatable bonds is 3. The van der Waals surface area contributed by atoms with Gasteiger partial charge >= 0.3 is 0 Å². The maximum Gasteiger partial charge on any atom is 0.267 e. The molecule has 4 N–H and O–H groups in total. The Kier molecular flexibility index (Phi) is 4.65. The molecule has 0 saturated carbocycles. The average Bonchev–Trinajstić information content (AvgIpc) is 2.97. The Morgan fingerprint density at radius 3 is 2.48 bits per heavy atom. The molecule has 0 unspecified atom stereocenters. The molecule has 4 rings (SSSR count). The summed E-state index contributed by atoms with van der Waals surface area (Å²) in [5.41, 5.74) is 8.67. The van der Waals surface area contributed by atoms with E-state index < -0.39 is 23.3 Å².